The summed E-state index contributed by atoms with van der Waals surface area (Å²) >= 11 is 0. The second-order valence-corrected chi connectivity index (χ2v) is 3.84. The number of ether oxygens (including phenoxy) is 2. The minimum absolute atomic E-state index is 0.0888. The number of aromatic carboxylic acids is 1. The number of fused-ring (bicyclic) bond motifs is 1. The van der Waals surface area contributed by atoms with E-state index in [4.69, 9.17) is 14.6 Å². The van der Waals surface area contributed by atoms with Crippen LogP contribution >= 0.6 is 0 Å². The molecular formula is C12H12O5. The van der Waals surface area contributed by atoms with Gasteiger partial charge in [0.1, 0.15) is 11.9 Å². The molecule has 5 nitrogen and oxygen atoms in total. The lowest BCUT2D eigenvalue weighted by Crippen LogP contribution is -2.30. The summed E-state index contributed by atoms with van der Waals surface area (Å²) in [5, 5.41) is 8.84. The fraction of sp³-hybridized carbons (Fsp3) is 0.333. The van der Waals surface area contributed by atoms with Gasteiger partial charge in [0.25, 0.3) is 0 Å². The van der Waals surface area contributed by atoms with Crippen LogP contribution in [-0.4, -0.2) is 36.7 Å². The summed E-state index contributed by atoms with van der Waals surface area (Å²) in [6.45, 7) is 0.339. The number of carbonyl (C=O) groups is 2. The summed E-state index contributed by atoms with van der Waals surface area (Å²) in [4.78, 5) is 22.6. The molecule has 0 saturated carbocycles. The maximum absolute atomic E-state index is 11.8. The normalized spacial score (nSPS) is 18.4. The smallest absolute Gasteiger partial charge is 0.335 e. The predicted octanol–water partition coefficient (Wildman–Crippen LogP) is 1.37. The Bertz CT molecular complexity index is 466. The molecule has 1 aromatic carbocycles. The number of rotatable bonds is 3. The van der Waals surface area contributed by atoms with Gasteiger partial charge >= 0.3 is 5.97 Å². The monoisotopic (exact) mass is 236 g/mol. The van der Waals surface area contributed by atoms with E-state index in [-0.39, 0.29) is 23.9 Å². The third-order valence-corrected chi connectivity index (χ3v) is 2.59. The Labute approximate surface area is 98.0 Å². The van der Waals surface area contributed by atoms with Crippen LogP contribution in [0.25, 0.3) is 0 Å². The number of methoxy groups -OCH3 is 1. The topological polar surface area (TPSA) is 72.8 Å². The van der Waals surface area contributed by atoms with E-state index in [1.807, 2.05) is 0 Å². The van der Waals surface area contributed by atoms with Crippen molar-refractivity contribution in [2.45, 2.75) is 12.5 Å². The Kier molecular flexibility index (Phi) is 3.10. The summed E-state index contributed by atoms with van der Waals surface area (Å²) in [6.07, 6.45) is -0.0835. The van der Waals surface area contributed by atoms with Crippen molar-refractivity contribution < 1.29 is 24.2 Å². The number of ketones is 1. The van der Waals surface area contributed by atoms with Crippen molar-refractivity contribution >= 4 is 11.8 Å². The minimum atomic E-state index is -1.06. The molecule has 17 heavy (non-hydrogen) atoms. The molecule has 1 aliphatic heterocycles. The zero-order valence-corrected chi connectivity index (χ0v) is 9.30. The Hall–Kier alpha value is -1.88. The molecule has 2 rings (SSSR count). The number of Topliss-reactive ketones (excluding diaryl/α,β-unsaturated/α-hetero) is 1. The van der Waals surface area contributed by atoms with Crippen LogP contribution in [0.4, 0.5) is 0 Å². The fourth-order valence-electron chi connectivity index (χ4n) is 1.80. The van der Waals surface area contributed by atoms with Gasteiger partial charge < -0.3 is 14.6 Å². The average molecular weight is 236 g/mol. The van der Waals surface area contributed by atoms with Crippen LogP contribution < -0.4 is 4.74 Å². The molecule has 0 aromatic heterocycles. The van der Waals surface area contributed by atoms with Gasteiger partial charge in [-0.1, -0.05) is 0 Å². The molecule has 0 bridgehead atoms. The molecule has 1 atom stereocenters. The van der Waals surface area contributed by atoms with Crippen molar-refractivity contribution in [3.63, 3.8) is 0 Å². The first-order chi connectivity index (χ1) is 8.11. The maximum atomic E-state index is 11.8. The van der Waals surface area contributed by atoms with Crippen molar-refractivity contribution in [3.05, 3.63) is 29.3 Å². The summed E-state index contributed by atoms with van der Waals surface area (Å²) < 4.78 is 10.5. The second-order valence-electron chi connectivity index (χ2n) is 3.84. The molecule has 1 N–H and O–H groups in total. The first-order valence-electron chi connectivity index (χ1n) is 5.18. The van der Waals surface area contributed by atoms with Gasteiger partial charge in [0.2, 0.25) is 0 Å². The number of carboxylic acid groups (broad SMARTS) is 1. The number of carbonyl (C=O) groups excluding carboxylic acids is 1. The molecule has 0 spiro atoms. The van der Waals surface area contributed by atoms with E-state index in [1.165, 1.54) is 25.3 Å². The number of benzene rings is 1. The lowest BCUT2D eigenvalue weighted by Gasteiger charge is -2.24. The van der Waals surface area contributed by atoms with Gasteiger partial charge in [-0.2, -0.15) is 0 Å². The van der Waals surface area contributed by atoms with Gasteiger partial charge in [0.15, 0.2) is 5.78 Å². The van der Waals surface area contributed by atoms with Crippen LogP contribution in [0, 0.1) is 0 Å². The van der Waals surface area contributed by atoms with Crippen LogP contribution in [0.15, 0.2) is 18.2 Å². The molecule has 1 aliphatic rings. The number of hydrogen-bond donors (Lipinski definition) is 1. The molecular weight excluding hydrogens is 224 g/mol. The van der Waals surface area contributed by atoms with E-state index in [0.29, 0.717) is 17.9 Å². The first-order valence-corrected chi connectivity index (χ1v) is 5.18. The molecule has 0 radical (unpaired) electrons. The first kappa shape index (κ1) is 11.6. The van der Waals surface area contributed by atoms with Crippen molar-refractivity contribution in [1.82, 2.24) is 0 Å². The molecule has 5 heteroatoms. The minimum Gasteiger partial charge on any atom is -0.487 e. The summed E-state index contributed by atoms with van der Waals surface area (Å²) in [5.41, 5.74) is 0.420. The van der Waals surface area contributed by atoms with Crippen molar-refractivity contribution in [1.29, 1.82) is 0 Å². The third-order valence-electron chi connectivity index (χ3n) is 2.59. The van der Waals surface area contributed by atoms with Gasteiger partial charge in [0, 0.05) is 7.11 Å². The molecule has 0 saturated heterocycles. The highest BCUT2D eigenvalue weighted by atomic mass is 16.5. The van der Waals surface area contributed by atoms with Crippen molar-refractivity contribution in [2.24, 2.45) is 0 Å². The summed E-state index contributed by atoms with van der Waals surface area (Å²) in [6, 6.07) is 4.28. The van der Waals surface area contributed by atoms with E-state index >= 15 is 0 Å². The molecule has 0 aliphatic carbocycles. The van der Waals surface area contributed by atoms with E-state index < -0.39 is 5.97 Å². The average Bonchev–Trinajstić information content (AvgIpc) is 2.29. The lowest BCUT2D eigenvalue weighted by molar-refractivity contribution is 0.0569. The standard InChI is InChI=1S/C12H12O5/c1-16-6-8-5-10(13)9-4-7(12(14)15)2-3-11(9)17-8/h2-4,8H,5-6H2,1H3,(H,14,15). The molecule has 90 valence electrons. The van der Waals surface area contributed by atoms with Gasteiger partial charge in [-0.05, 0) is 18.2 Å². The van der Waals surface area contributed by atoms with Gasteiger partial charge in [-0.15, -0.1) is 0 Å². The molecule has 1 heterocycles. The van der Waals surface area contributed by atoms with Gasteiger partial charge in [-0.3, -0.25) is 4.79 Å². The fourth-order valence-corrected chi connectivity index (χ4v) is 1.80. The second kappa shape index (κ2) is 4.55. The highest BCUT2D eigenvalue weighted by molar-refractivity contribution is 6.02. The van der Waals surface area contributed by atoms with E-state index in [1.54, 1.807) is 0 Å². The van der Waals surface area contributed by atoms with E-state index in [2.05, 4.69) is 0 Å². The molecule has 0 fully saturated rings. The van der Waals surface area contributed by atoms with Crippen LogP contribution in [0.1, 0.15) is 27.1 Å². The third kappa shape index (κ3) is 2.29. The highest BCUT2D eigenvalue weighted by Crippen LogP contribution is 2.28. The molecule has 0 amide bonds. The Morgan fingerprint density at radius 3 is 3.00 bits per heavy atom. The van der Waals surface area contributed by atoms with E-state index in [9.17, 15) is 9.59 Å². The zero-order chi connectivity index (χ0) is 12.4. The molecule has 1 unspecified atom stereocenters. The SMILES string of the molecule is COCC1CC(=O)c2cc(C(=O)O)ccc2O1. The largest absolute Gasteiger partial charge is 0.487 e. The predicted molar refractivity (Wildman–Crippen MR) is 58.6 cm³/mol. The highest BCUT2D eigenvalue weighted by Gasteiger charge is 2.27. The Morgan fingerprint density at radius 1 is 1.59 bits per heavy atom. The Morgan fingerprint density at radius 2 is 2.35 bits per heavy atom. The molecule has 1 aromatic rings. The van der Waals surface area contributed by atoms with Crippen LogP contribution in [0.2, 0.25) is 0 Å². The van der Waals surface area contributed by atoms with Crippen molar-refractivity contribution in [2.75, 3.05) is 13.7 Å². The quantitative estimate of drug-likeness (QED) is 0.857. The van der Waals surface area contributed by atoms with Gasteiger partial charge in [-0.25, -0.2) is 4.79 Å². The van der Waals surface area contributed by atoms with Crippen LogP contribution in [0.5, 0.6) is 5.75 Å². The lowest BCUT2D eigenvalue weighted by atomic mass is 9.99. The summed E-state index contributed by atoms with van der Waals surface area (Å²) in [7, 11) is 1.54. The van der Waals surface area contributed by atoms with Gasteiger partial charge in [0.05, 0.1) is 24.2 Å². The Balaban J connectivity index is 2.32. The van der Waals surface area contributed by atoms with Crippen molar-refractivity contribution in [3.8, 4) is 5.75 Å². The number of carboxylic acids is 1. The number of hydrogen-bond acceptors (Lipinski definition) is 4. The van der Waals surface area contributed by atoms with E-state index in [0.717, 1.165) is 0 Å². The zero-order valence-electron chi connectivity index (χ0n) is 9.30. The summed E-state index contributed by atoms with van der Waals surface area (Å²) in [5.74, 6) is -0.746. The van der Waals surface area contributed by atoms with Crippen LogP contribution in [0.3, 0.4) is 0 Å². The maximum Gasteiger partial charge on any atom is 0.335 e. The van der Waals surface area contributed by atoms with Crippen LogP contribution in [-0.2, 0) is 4.74 Å².